The van der Waals surface area contributed by atoms with E-state index in [-0.39, 0.29) is 5.91 Å². The van der Waals surface area contributed by atoms with Crippen molar-refractivity contribution in [2.75, 3.05) is 25.5 Å². The quantitative estimate of drug-likeness (QED) is 0.891. The Bertz CT molecular complexity index is 633. The number of hydrogen-bond acceptors (Lipinski definition) is 3. The highest BCUT2D eigenvalue weighted by Crippen LogP contribution is 2.13. The van der Waals surface area contributed by atoms with Gasteiger partial charge >= 0.3 is 0 Å². The van der Waals surface area contributed by atoms with Gasteiger partial charge < -0.3 is 14.8 Å². The van der Waals surface area contributed by atoms with E-state index in [1.54, 1.807) is 6.20 Å². The Morgan fingerprint density at radius 3 is 2.82 bits per heavy atom. The van der Waals surface area contributed by atoms with Gasteiger partial charge in [0.25, 0.3) is 5.91 Å². The Labute approximate surface area is 132 Å². The molecule has 5 heteroatoms. The minimum atomic E-state index is -0.0297. The van der Waals surface area contributed by atoms with Crippen molar-refractivity contribution in [2.45, 2.75) is 20.4 Å². The van der Waals surface area contributed by atoms with Gasteiger partial charge in [0, 0.05) is 50.8 Å². The van der Waals surface area contributed by atoms with Crippen LogP contribution in [0.3, 0.4) is 0 Å². The van der Waals surface area contributed by atoms with Crippen molar-refractivity contribution in [2.24, 2.45) is 5.92 Å². The summed E-state index contributed by atoms with van der Waals surface area (Å²) < 4.78 is 2.10. The molecule has 118 valence electrons. The van der Waals surface area contributed by atoms with Gasteiger partial charge in [0.05, 0.1) is 0 Å². The number of carbonyl (C=O) groups excluding carboxylic acids is 1. The van der Waals surface area contributed by atoms with Gasteiger partial charge in [-0.15, -0.1) is 0 Å². The molecule has 2 rings (SSSR count). The summed E-state index contributed by atoms with van der Waals surface area (Å²) >= 11 is 0. The second-order valence-electron chi connectivity index (χ2n) is 5.89. The van der Waals surface area contributed by atoms with Crippen molar-refractivity contribution in [3.8, 4) is 0 Å². The monoisotopic (exact) mass is 300 g/mol. The lowest BCUT2D eigenvalue weighted by Gasteiger charge is -2.16. The first kappa shape index (κ1) is 16.1. The molecule has 5 nitrogen and oxygen atoms in total. The number of amides is 1. The second-order valence-corrected chi connectivity index (χ2v) is 5.89. The number of carbonyl (C=O) groups is 1. The molecule has 1 heterocycles. The van der Waals surface area contributed by atoms with E-state index >= 15 is 0 Å². The van der Waals surface area contributed by atoms with Crippen LogP contribution in [-0.4, -0.2) is 36.1 Å². The summed E-state index contributed by atoms with van der Waals surface area (Å²) in [5.74, 6) is 1.31. The molecule has 0 spiro atoms. The molecule has 0 radical (unpaired) electrons. The molecule has 1 aromatic heterocycles. The number of aryl methyl sites for hydroxylation is 1. The second kappa shape index (κ2) is 7.11. The minimum absolute atomic E-state index is 0.0297. The van der Waals surface area contributed by atoms with Gasteiger partial charge in [-0.05, 0) is 31.0 Å². The fourth-order valence-electron chi connectivity index (χ4n) is 2.29. The zero-order chi connectivity index (χ0) is 16.1. The zero-order valence-electron chi connectivity index (χ0n) is 13.7. The lowest BCUT2D eigenvalue weighted by molar-refractivity contribution is 0.0947. The molecule has 0 bridgehead atoms. The Kier molecular flexibility index (Phi) is 5.20. The zero-order valence-corrected chi connectivity index (χ0v) is 13.7. The smallest absolute Gasteiger partial charge is 0.251 e. The number of aromatic nitrogens is 2. The Morgan fingerprint density at radius 1 is 1.41 bits per heavy atom. The highest BCUT2D eigenvalue weighted by molar-refractivity contribution is 5.95. The van der Waals surface area contributed by atoms with Gasteiger partial charge in [0.2, 0.25) is 0 Å². The maximum absolute atomic E-state index is 12.2. The van der Waals surface area contributed by atoms with E-state index in [0.29, 0.717) is 18.0 Å². The van der Waals surface area contributed by atoms with Gasteiger partial charge in [-0.2, -0.15) is 0 Å². The van der Waals surface area contributed by atoms with Crippen molar-refractivity contribution in [1.82, 2.24) is 14.9 Å². The summed E-state index contributed by atoms with van der Waals surface area (Å²) in [6, 6.07) is 7.64. The molecule has 0 unspecified atom stereocenters. The van der Waals surface area contributed by atoms with Crippen molar-refractivity contribution < 1.29 is 4.79 Å². The first-order valence-electron chi connectivity index (χ1n) is 7.50. The number of imidazole rings is 1. The van der Waals surface area contributed by atoms with Crippen LogP contribution in [0.25, 0.3) is 0 Å². The summed E-state index contributed by atoms with van der Waals surface area (Å²) in [5, 5.41) is 3.01. The normalized spacial score (nSPS) is 12.0. The van der Waals surface area contributed by atoms with E-state index in [4.69, 9.17) is 0 Å². The van der Waals surface area contributed by atoms with Crippen LogP contribution in [0.1, 0.15) is 23.1 Å². The number of hydrogen-bond donors (Lipinski definition) is 1. The van der Waals surface area contributed by atoms with Crippen molar-refractivity contribution in [3.63, 3.8) is 0 Å². The third-order valence-electron chi connectivity index (χ3n) is 3.67. The largest absolute Gasteiger partial charge is 0.378 e. The van der Waals surface area contributed by atoms with Crippen LogP contribution in [0, 0.1) is 12.8 Å². The lowest BCUT2D eigenvalue weighted by Crippen LogP contribution is -2.30. The number of benzene rings is 1. The molecule has 1 atom stereocenters. The van der Waals surface area contributed by atoms with E-state index in [9.17, 15) is 4.79 Å². The molecule has 0 aliphatic heterocycles. The number of nitrogens with one attached hydrogen (secondary N) is 1. The number of anilines is 1. The van der Waals surface area contributed by atoms with Crippen LogP contribution in [0.15, 0.2) is 36.7 Å². The lowest BCUT2D eigenvalue weighted by atomic mass is 10.1. The van der Waals surface area contributed by atoms with Gasteiger partial charge in [0.15, 0.2) is 0 Å². The van der Waals surface area contributed by atoms with Gasteiger partial charge in [-0.1, -0.05) is 13.0 Å². The minimum Gasteiger partial charge on any atom is -0.378 e. The summed E-state index contributed by atoms with van der Waals surface area (Å²) in [6.07, 6.45) is 3.77. The van der Waals surface area contributed by atoms with Crippen LogP contribution in [-0.2, 0) is 6.54 Å². The molecular weight excluding hydrogens is 276 g/mol. The molecule has 2 aromatic rings. The Morgan fingerprint density at radius 2 is 2.18 bits per heavy atom. The fourth-order valence-corrected chi connectivity index (χ4v) is 2.29. The molecule has 1 amide bonds. The predicted molar refractivity (Wildman–Crippen MR) is 89.2 cm³/mol. The maximum Gasteiger partial charge on any atom is 0.251 e. The van der Waals surface area contributed by atoms with E-state index in [1.807, 2.05) is 56.4 Å². The van der Waals surface area contributed by atoms with E-state index in [1.165, 1.54) is 0 Å². The predicted octanol–water partition coefficient (Wildman–Crippen LogP) is 2.32. The summed E-state index contributed by atoms with van der Waals surface area (Å²) in [7, 11) is 3.93. The van der Waals surface area contributed by atoms with E-state index in [0.717, 1.165) is 18.1 Å². The standard InChI is InChI=1S/C17H24N4O/c1-13(12-21-9-8-18-14(21)2)11-19-17(22)15-6-5-7-16(10-15)20(3)4/h5-10,13H,11-12H2,1-4H3,(H,19,22)/t13-/m0/s1. The SMILES string of the molecule is Cc1nccn1C[C@@H](C)CNC(=O)c1cccc(N(C)C)c1. The first-order valence-corrected chi connectivity index (χ1v) is 7.50. The molecule has 1 N–H and O–H groups in total. The molecule has 22 heavy (non-hydrogen) atoms. The number of nitrogens with zero attached hydrogens (tertiary/aromatic N) is 3. The molecule has 0 aliphatic rings. The summed E-state index contributed by atoms with van der Waals surface area (Å²) in [6.45, 7) is 5.60. The van der Waals surface area contributed by atoms with Crippen molar-refractivity contribution in [1.29, 1.82) is 0 Å². The third-order valence-corrected chi connectivity index (χ3v) is 3.67. The fraction of sp³-hybridized carbons (Fsp3) is 0.412. The third kappa shape index (κ3) is 4.10. The van der Waals surface area contributed by atoms with E-state index in [2.05, 4.69) is 21.8 Å². The van der Waals surface area contributed by atoms with Crippen LogP contribution in [0.2, 0.25) is 0 Å². The van der Waals surface area contributed by atoms with Crippen LogP contribution < -0.4 is 10.2 Å². The molecule has 1 aromatic carbocycles. The van der Waals surface area contributed by atoms with E-state index < -0.39 is 0 Å². The highest BCUT2D eigenvalue weighted by Gasteiger charge is 2.10. The molecule has 0 saturated heterocycles. The maximum atomic E-state index is 12.2. The topological polar surface area (TPSA) is 50.2 Å². The molecule has 0 saturated carbocycles. The molecule has 0 fully saturated rings. The number of rotatable bonds is 6. The average molecular weight is 300 g/mol. The summed E-state index contributed by atoms with van der Waals surface area (Å²) in [4.78, 5) is 18.4. The molecule has 0 aliphatic carbocycles. The highest BCUT2D eigenvalue weighted by atomic mass is 16.1. The van der Waals surface area contributed by atoms with Crippen LogP contribution >= 0.6 is 0 Å². The Hall–Kier alpha value is -2.30. The Balaban J connectivity index is 1.89. The van der Waals surface area contributed by atoms with Gasteiger partial charge in [-0.25, -0.2) is 4.98 Å². The summed E-state index contributed by atoms with van der Waals surface area (Å²) in [5.41, 5.74) is 1.71. The van der Waals surface area contributed by atoms with Crippen molar-refractivity contribution >= 4 is 11.6 Å². The van der Waals surface area contributed by atoms with Gasteiger partial charge in [0.1, 0.15) is 5.82 Å². The van der Waals surface area contributed by atoms with Gasteiger partial charge in [-0.3, -0.25) is 4.79 Å². The van der Waals surface area contributed by atoms with Crippen molar-refractivity contribution in [3.05, 3.63) is 48.0 Å². The van der Waals surface area contributed by atoms with Crippen LogP contribution in [0.4, 0.5) is 5.69 Å². The molecular formula is C17H24N4O. The average Bonchev–Trinajstić information content (AvgIpc) is 2.90. The van der Waals surface area contributed by atoms with Crippen LogP contribution in [0.5, 0.6) is 0 Å². The first-order chi connectivity index (χ1) is 10.5.